The fourth-order valence-corrected chi connectivity index (χ4v) is 2.31. The Morgan fingerprint density at radius 1 is 1.14 bits per heavy atom. The Bertz CT molecular complexity index is 843. The molecular formula is C15H10F2N2O2. The second-order valence-electron chi connectivity index (χ2n) is 4.65. The van der Waals surface area contributed by atoms with Gasteiger partial charge in [-0.3, -0.25) is 10.1 Å². The number of rotatable bonds is 3. The molecule has 0 aliphatic rings. The van der Waals surface area contributed by atoms with Crippen LogP contribution < -0.4 is 0 Å². The Hall–Kier alpha value is -2.76. The summed E-state index contributed by atoms with van der Waals surface area (Å²) in [6.45, 7) is 0.0977. The van der Waals surface area contributed by atoms with E-state index in [-0.39, 0.29) is 17.9 Å². The highest BCUT2D eigenvalue weighted by atomic mass is 19.1. The Kier molecular flexibility index (Phi) is 3.13. The van der Waals surface area contributed by atoms with Gasteiger partial charge in [0.05, 0.1) is 17.0 Å². The van der Waals surface area contributed by atoms with Crippen LogP contribution in [0.5, 0.6) is 0 Å². The van der Waals surface area contributed by atoms with Crippen molar-refractivity contribution in [3.63, 3.8) is 0 Å². The fourth-order valence-electron chi connectivity index (χ4n) is 2.31. The van der Waals surface area contributed by atoms with Gasteiger partial charge in [0.2, 0.25) is 5.82 Å². The van der Waals surface area contributed by atoms with E-state index in [2.05, 4.69) is 0 Å². The first-order chi connectivity index (χ1) is 10.1. The molecule has 0 saturated heterocycles. The maximum Gasteiger partial charge on any atom is 0.305 e. The molecule has 3 rings (SSSR count). The van der Waals surface area contributed by atoms with E-state index in [0.29, 0.717) is 5.52 Å². The van der Waals surface area contributed by atoms with E-state index in [0.717, 1.165) is 11.5 Å². The highest BCUT2D eigenvalue weighted by molar-refractivity contribution is 5.80. The fraction of sp³-hybridized carbons (Fsp3) is 0.0667. The van der Waals surface area contributed by atoms with E-state index in [1.54, 1.807) is 22.9 Å². The first-order valence-corrected chi connectivity index (χ1v) is 6.22. The average Bonchev–Trinajstić information content (AvgIpc) is 2.83. The molecule has 0 amide bonds. The molecule has 3 aromatic rings. The van der Waals surface area contributed by atoms with Crippen LogP contribution in [0.3, 0.4) is 0 Å². The topological polar surface area (TPSA) is 48.1 Å². The highest BCUT2D eigenvalue weighted by Crippen LogP contribution is 2.23. The Labute approximate surface area is 118 Å². The SMILES string of the molecule is O=[N+]([O-])c1cccc(Cn2ccc3ccc(F)cc32)c1F. The summed E-state index contributed by atoms with van der Waals surface area (Å²) < 4.78 is 29.0. The number of nitro benzene ring substituents is 1. The second-order valence-corrected chi connectivity index (χ2v) is 4.65. The predicted molar refractivity (Wildman–Crippen MR) is 74.1 cm³/mol. The van der Waals surface area contributed by atoms with Gasteiger partial charge in [-0.15, -0.1) is 0 Å². The Morgan fingerprint density at radius 3 is 2.71 bits per heavy atom. The third kappa shape index (κ3) is 2.35. The van der Waals surface area contributed by atoms with Gasteiger partial charge in [0.1, 0.15) is 5.82 Å². The zero-order chi connectivity index (χ0) is 15.0. The molecule has 0 atom stereocenters. The van der Waals surface area contributed by atoms with Crippen LogP contribution in [0.2, 0.25) is 0 Å². The minimum Gasteiger partial charge on any atom is -0.343 e. The molecule has 0 fully saturated rings. The monoisotopic (exact) mass is 288 g/mol. The molecule has 1 heterocycles. The molecular weight excluding hydrogens is 278 g/mol. The average molecular weight is 288 g/mol. The molecule has 1 aromatic heterocycles. The molecule has 0 N–H and O–H groups in total. The summed E-state index contributed by atoms with van der Waals surface area (Å²) in [5.74, 6) is -1.25. The summed E-state index contributed by atoms with van der Waals surface area (Å²) in [5, 5.41) is 11.6. The number of nitrogens with zero attached hydrogens (tertiary/aromatic N) is 2. The van der Waals surface area contributed by atoms with Gasteiger partial charge in [-0.25, -0.2) is 4.39 Å². The number of aromatic nitrogens is 1. The smallest absolute Gasteiger partial charge is 0.305 e. The molecule has 0 saturated carbocycles. The van der Waals surface area contributed by atoms with Crippen LogP contribution in [0.15, 0.2) is 48.7 Å². The van der Waals surface area contributed by atoms with Crippen LogP contribution in [-0.4, -0.2) is 9.49 Å². The summed E-state index contributed by atoms with van der Waals surface area (Å²) in [6.07, 6.45) is 1.70. The number of nitro groups is 1. The largest absolute Gasteiger partial charge is 0.343 e. The van der Waals surface area contributed by atoms with Gasteiger partial charge >= 0.3 is 5.69 Å². The van der Waals surface area contributed by atoms with Crippen molar-refractivity contribution in [2.24, 2.45) is 0 Å². The molecule has 4 nitrogen and oxygen atoms in total. The highest BCUT2D eigenvalue weighted by Gasteiger charge is 2.17. The maximum atomic E-state index is 14.1. The van der Waals surface area contributed by atoms with Gasteiger partial charge in [-0.2, -0.15) is 4.39 Å². The molecule has 0 spiro atoms. The van der Waals surface area contributed by atoms with Gasteiger partial charge in [0, 0.05) is 17.8 Å². The van der Waals surface area contributed by atoms with Crippen molar-refractivity contribution in [3.8, 4) is 0 Å². The Balaban J connectivity index is 2.05. The molecule has 106 valence electrons. The van der Waals surface area contributed by atoms with Crippen molar-refractivity contribution in [1.82, 2.24) is 4.57 Å². The quantitative estimate of drug-likeness (QED) is 0.542. The zero-order valence-corrected chi connectivity index (χ0v) is 10.8. The normalized spacial score (nSPS) is 11.0. The van der Waals surface area contributed by atoms with Crippen LogP contribution in [0.4, 0.5) is 14.5 Å². The third-order valence-corrected chi connectivity index (χ3v) is 3.33. The van der Waals surface area contributed by atoms with E-state index >= 15 is 0 Å². The first kappa shape index (κ1) is 13.2. The van der Waals surface area contributed by atoms with E-state index in [4.69, 9.17) is 0 Å². The molecule has 6 heteroatoms. The number of fused-ring (bicyclic) bond motifs is 1. The van der Waals surface area contributed by atoms with E-state index in [1.165, 1.54) is 24.3 Å². The van der Waals surface area contributed by atoms with Crippen LogP contribution in [0.1, 0.15) is 5.56 Å². The number of hydrogen-bond acceptors (Lipinski definition) is 2. The van der Waals surface area contributed by atoms with Crippen molar-refractivity contribution >= 4 is 16.6 Å². The summed E-state index contributed by atoms with van der Waals surface area (Å²) >= 11 is 0. The molecule has 21 heavy (non-hydrogen) atoms. The molecule has 0 radical (unpaired) electrons. The van der Waals surface area contributed by atoms with Gasteiger partial charge in [0.25, 0.3) is 0 Å². The van der Waals surface area contributed by atoms with Crippen molar-refractivity contribution in [3.05, 3.63) is 76.0 Å². The predicted octanol–water partition coefficient (Wildman–Crippen LogP) is 3.88. The van der Waals surface area contributed by atoms with Crippen molar-refractivity contribution in [2.45, 2.75) is 6.54 Å². The third-order valence-electron chi connectivity index (χ3n) is 3.33. The lowest BCUT2D eigenvalue weighted by Gasteiger charge is -2.07. The molecule has 0 bridgehead atoms. The molecule has 2 aromatic carbocycles. The van der Waals surface area contributed by atoms with Crippen LogP contribution in [0.25, 0.3) is 10.9 Å². The van der Waals surface area contributed by atoms with Crippen molar-refractivity contribution < 1.29 is 13.7 Å². The minimum absolute atomic E-state index is 0.0977. The molecule has 0 unspecified atom stereocenters. The lowest BCUT2D eigenvalue weighted by Crippen LogP contribution is -2.03. The van der Waals surface area contributed by atoms with E-state index in [1.807, 2.05) is 0 Å². The first-order valence-electron chi connectivity index (χ1n) is 6.22. The Morgan fingerprint density at radius 2 is 1.95 bits per heavy atom. The van der Waals surface area contributed by atoms with E-state index in [9.17, 15) is 18.9 Å². The summed E-state index contributed by atoms with van der Waals surface area (Å²) in [5.41, 5.74) is 0.238. The van der Waals surface area contributed by atoms with Crippen LogP contribution in [0, 0.1) is 21.7 Å². The minimum atomic E-state index is -0.860. The molecule has 0 aliphatic carbocycles. The van der Waals surface area contributed by atoms with Crippen molar-refractivity contribution in [1.29, 1.82) is 0 Å². The summed E-state index contributed by atoms with van der Waals surface area (Å²) in [4.78, 5) is 9.98. The lowest BCUT2D eigenvalue weighted by atomic mass is 10.2. The zero-order valence-electron chi connectivity index (χ0n) is 10.8. The van der Waals surface area contributed by atoms with E-state index < -0.39 is 16.4 Å². The number of halogens is 2. The van der Waals surface area contributed by atoms with Crippen LogP contribution in [-0.2, 0) is 6.54 Å². The lowest BCUT2D eigenvalue weighted by molar-refractivity contribution is -0.387. The molecule has 0 aliphatic heterocycles. The summed E-state index contributed by atoms with van der Waals surface area (Å²) in [7, 11) is 0. The van der Waals surface area contributed by atoms with Crippen molar-refractivity contribution in [2.75, 3.05) is 0 Å². The second kappa shape index (κ2) is 4.97. The number of hydrogen-bond donors (Lipinski definition) is 0. The standard InChI is InChI=1S/C15H10F2N2O2/c16-12-5-4-10-6-7-18(14(10)8-12)9-11-2-1-3-13(15(11)17)19(20)21/h1-8H,9H2. The summed E-state index contributed by atoms with van der Waals surface area (Å²) in [6, 6.07) is 10.1. The van der Waals surface area contributed by atoms with Gasteiger partial charge in [0.15, 0.2) is 0 Å². The van der Waals surface area contributed by atoms with Gasteiger partial charge < -0.3 is 4.57 Å². The number of benzene rings is 2. The maximum absolute atomic E-state index is 14.1. The van der Waals surface area contributed by atoms with Crippen LogP contribution >= 0.6 is 0 Å². The van der Waals surface area contributed by atoms with Gasteiger partial charge in [-0.1, -0.05) is 12.1 Å². The van der Waals surface area contributed by atoms with Gasteiger partial charge in [-0.05, 0) is 29.7 Å².